The highest BCUT2D eigenvalue weighted by atomic mass is 32.2. The van der Waals surface area contributed by atoms with E-state index in [0.717, 1.165) is 16.7 Å². The van der Waals surface area contributed by atoms with Crippen LogP contribution in [0, 0.1) is 11.3 Å². The lowest BCUT2D eigenvalue weighted by molar-refractivity contribution is 0.0468. The number of hydrogen-bond acceptors (Lipinski definition) is 4. The molecule has 0 N–H and O–H groups in total. The highest BCUT2D eigenvalue weighted by Crippen LogP contribution is 2.24. The van der Waals surface area contributed by atoms with Gasteiger partial charge in [0.2, 0.25) is 0 Å². The summed E-state index contributed by atoms with van der Waals surface area (Å²) in [4.78, 5) is 12.9. The Labute approximate surface area is 166 Å². The molecule has 0 aliphatic rings. The molecular weight excluding hydrogens is 370 g/mol. The molecule has 4 nitrogen and oxygen atoms in total. The number of nitriles is 1. The van der Waals surface area contributed by atoms with E-state index in [-0.39, 0.29) is 6.61 Å². The van der Waals surface area contributed by atoms with Crippen LogP contribution >= 0.6 is 0 Å². The minimum absolute atomic E-state index is 0.117. The van der Waals surface area contributed by atoms with Crippen LogP contribution in [0.2, 0.25) is 0 Å². The first kappa shape index (κ1) is 19.5. The van der Waals surface area contributed by atoms with E-state index in [1.165, 1.54) is 0 Å². The lowest BCUT2D eigenvalue weighted by atomic mass is 9.99. The molecule has 1 unspecified atom stereocenters. The van der Waals surface area contributed by atoms with E-state index in [4.69, 9.17) is 4.74 Å². The van der Waals surface area contributed by atoms with Crippen LogP contribution in [0.1, 0.15) is 28.4 Å². The van der Waals surface area contributed by atoms with Gasteiger partial charge in [0.1, 0.15) is 6.61 Å². The average molecular weight is 389 g/mol. The first-order valence-corrected chi connectivity index (χ1v) is 10.2. The van der Waals surface area contributed by atoms with Gasteiger partial charge in [-0.3, -0.25) is 4.21 Å². The van der Waals surface area contributed by atoms with Crippen LogP contribution in [0.25, 0.3) is 11.1 Å². The summed E-state index contributed by atoms with van der Waals surface area (Å²) >= 11 is 0. The topological polar surface area (TPSA) is 67.2 Å². The third-order valence-corrected chi connectivity index (χ3v) is 5.67. The fourth-order valence-electron chi connectivity index (χ4n) is 2.83. The molecule has 0 saturated heterocycles. The monoisotopic (exact) mass is 389 g/mol. The molecule has 3 aromatic carbocycles. The summed E-state index contributed by atoms with van der Waals surface area (Å²) in [6, 6.07) is 24.0. The van der Waals surface area contributed by atoms with Crippen LogP contribution in [0.15, 0.2) is 77.7 Å². The van der Waals surface area contributed by atoms with Crippen LogP contribution in [0.3, 0.4) is 0 Å². The molecule has 28 heavy (non-hydrogen) atoms. The minimum atomic E-state index is -1.23. The van der Waals surface area contributed by atoms with E-state index in [1.54, 1.807) is 30.3 Å². The van der Waals surface area contributed by atoms with Gasteiger partial charge in [0.05, 0.1) is 32.9 Å². The maximum absolute atomic E-state index is 12.4. The van der Waals surface area contributed by atoms with Gasteiger partial charge in [-0.05, 0) is 34.9 Å². The quantitative estimate of drug-likeness (QED) is 0.573. The van der Waals surface area contributed by atoms with Crippen molar-refractivity contribution in [2.45, 2.75) is 18.4 Å². The van der Waals surface area contributed by atoms with E-state index < -0.39 is 16.8 Å². The molecule has 3 rings (SSSR count). The number of rotatable bonds is 6. The van der Waals surface area contributed by atoms with E-state index in [1.807, 2.05) is 49.4 Å². The summed E-state index contributed by atoms with van der Waals surface area (Å²) in [6.07, 6.45) is 0. The zero-order valence-electron chi connectivity index (χ0n) is 15.4. The van der Waals surface area contributed by atoms with Gasteiger partial charge in [-0.1, -0.05) is 61.5 Å². The van der Waals surface area contributed by atoms with Crippen molar-refractivity contribution in [1.29, 1.82) is 5.26 Å². The number of esters is 1. The van der Waals surface area contributed by atoms with Crippen LogP contribution in [0.4, 0.5) is 0 Å². The predicted molar refractivity (Wildman–Crippen MR) is 109 cm³/mol. The summed E-state index contributed by atoms with van der Waals surface area (Å²) in [5.41, 5.74) is 3.57. The zero-order valence-corrected chi connectivity index (χ0v) is 16.2. The van der Waals surface area contributed by atoms with Crippen LogP contribution in [0.5, 0.6) is 0 Å². The minimum Gasteiger partial charge on any atom is -0.457 e. The molecule has 0 aromatic heterocycles. The van der Waals surface area contributed by atoms with Crippen molar-refractivity contribution in [2.24, 2.45) is 0 Å². The summed E-state index contributed by atoms with van der Waals surface area (Å²) < 4.78 is 17.5. The molecule has 0 fully saturated rings. The summed E-state index contributed by atoms with van der Waals surface area (Å²) in [5.74, 6) is -0.0491. The molecule has 0 heterocycles. The van der Waals surface area contributed by atoms with Crippen molar-refractivity contribution >= 4 is 16.8 Å². The largest absolute Gasteiger partial charge is 0.457 e. The number of carbonyl (C=O) groups excluding carboxylic acids is 1. The van der Waals surface area contributed by atoms with Gasteiger partial charge < -0.3 is 4.74 Å². The van der Waals surface area contributed by atoms with Gasteiger partial charge >= 0.3 is 5.97 Å². The van der Waals surface area contributed by atoms with Crippen LogP contribution in [-0.4, -0.2) is 15.9 Å². The Morgan fingerprint density at radius 3 is 2.39 bits per heavy atom. The van der Waals surface area contributed by atoms with Crippen molar-refractivity contribution in [2.75, 3.05) is 5.75 Å². The van der Waals surface area contributed by atoms with Crippen LogP contribution in [-0.2, 0) is 22.1 Å². The van der Waals surface area contributed by atoms with Crippen molar-refractivity contribution in [3.05, 3.63) is 89.5 Å². The average Bonchev–Trinajstić information content (AvgIpc) is 2.77. The number of ether oxygens (including phenoxy) is 1. The predicted octanol–water partition coefficient (Wildman–Crippen LogP) is 4.71. The smallest absolute Gasteiger partial charge is 0.339 e. The SMILES string of the molecule is CCS(=O)c1ccccc1C(=O)OCc1ccc(-c2ccccc2C#N)cc1. The van der Waals surface area contributed by atoms with E-state index in [0.29, 0.717) is 21.8 Å². The van der Waals surface area contributed by atoms with Crippen molar-refractivity contribution < 1.29 is 13.7 Å². The highest BCUT2D eigenvalue weighted by Gasteiger charge is 2.16. The molecule has 0 spiro atoms. The Balaban J connectivity index is 1.72. The van der Waals surface area contributed by atoms with Crippen LogP contribution < -0.4 is 0 Å². The number of carbonyl (C=O) groups is 1. The third-order valence-electron chi connectivity index (χ3n) is 4.30. The Hall–Kier alpha value is -3.23. The number of nitrogens with zero attached hydrogens (tertiary/aromatic N) is 1. The first-order valence-electron chi connectivity index (χ1n) is 8.87. The molecule has 0 bridgehead atoms. The van der Waals surface area contributed by atoms with Gasteiger partial charge in [0.25, 0.3) is 0 Å². The number of benzene rings is 3. The summed E-state index contributed by atoms with van der Waals surface area (Å²) in [5, 5.41) is 9.24. The first-order chi connectivity index (χ1) is 13.6. The van der Waals surface area contributed by atoms with Gasteiger partial charge in [-0.25, -0.2) is 4.79 Å². The molecule has 0 saturated carbocycles. The standard InChI is InChI=1S/C23H19NO3S/c1-2-28(26)22-10-6-5-9-21(22)23(25)27-16-17-11-13-18(14-12-17)20-8-4-3-7-19(20)15-24/h3-14H,2,16H2,1H3. The molecular formula is C23H19NO3S. The lowest BCUT2D eigenvalue weighted by Crippen LogP contribution is -2.10. The second-order valence-electron chi connectivity index (χ2n) is 6.06. The maximum Gasteiger partial charge on any atom is 0.339 e. The second-order valence-corrected chi connectivity index (χ2v) is 7.77. The molecule has 1 atom stereocenters. The summed E-state index contributed by atoms with van der Waals surface area (Å²) in [7, 11) is -1.23. The van der Waals surface area contributed by atoms with E-state index >= 15 is 0 Å². The molecule has 3 aromatic rings. The van der Waals surface area contributed by atoms with Crippen molar-refractivity contribution in [1.82, 2.24) is 0 Å². The maximum atomic E-state index is 12.4. The van der Waals surface area contributed by atoms with E-state index in [2.05, 4.69) is 6.07 Å². The molecule has 5 heteroatoms. The van der Waals surface area contributed by atoms with Gasteiger partial charge in [0.15, 0.2) is 0 Å². The molecule has 0 radical (unpaired) electrons. The van der Waals surface area contributed by atoms with Crippen molar-refractivity contribution in [3.63, 3.8) is 0 Å². The highest BCUT2D eigenvalue weighted by molar-refractivity contribution is 7.85. The second kappa shape index (κ2) is 9.12. The molecule has 0 aliphatic carbocycles. The third kappa shape index (κ3) is 4.36. The Bertz CT molecular complexity index is 1050. The molecule has 0 amide bonds. The van der Waals surface area contributed by atoms with Gasteiger partial charge in [-0.2, -0.15) is 5.26 Å². The van der Waals surface area contributed by atoms with Crippen molar-refractivity contribution in [3.8, 4) is 17.2 Å². The summed E-state index contributed by atoms with van der Waals surface area (Å²) in [6.45, 7) is 1.93. The Morgan fingerprint density at radius 1 is 1.00 bits per heavy atom. The normalized spacial score (nSPS) is 11.4. The molecule has 140 valence electrons. The fourth-order valence-corrected chi connectivity index (χ4v) is 3.77. The van der Waals surface area contributed by atoms with Gasteiger partial charge in [0, 0.05) is 5.75 Å². The fraction of sp³-hybridized carbons (Fsp3) is 0.130. The Kier molecular flexibility index (Phi) is 6.36. The van der Waals surface area contributed by atoms with E-state index in [9.17, 15) is 14.3 Å². The number of hydrogen-bond donors (Lipinski definition) is 0. The molecule has 0 aliphatic heterocycles. The Morgan fingerprint density at radius 2 is 1.68 bits per heavy atom. The van der Waals surface area contributed by atoms with Gasteiger partial charge in [-0.15, -0.1) is 0 Å². The lowest BCUT2D eigenvalue weighted by Gasteiger charge is -2.10. The zero-order chi connectivity index (χ0) is 19.9.